The van der Waals surface area contributed by atoms with Gasteiger partial charge in [-0.3, -0.25) is 9.59 Å². The maximum absolute atomic E-state index is 12.4. The van der Waals surface area contributed by atoms with Gasteiger partial charge in [-0.2, -0.15) is 0 Å². The zero-order valence-corrected chi connectivity index (χ0v) is 13.4. The molecule has 4 aliphatic rings. The van der Waals surface area contributed by atoms with Gasteiger partial charge < -0.3 is 5.11 Å². The van der Waals surface area contributed by atoms with E-state index in [9.17, 15) is 14.7 Å². The van der Waals surface area contributed by atoms with Crippen molar-refractivity contribution in [3.8, 4) is 0 Å². The second-order valence-corrected chi connectivity index (χ2v) is 8.28. The van der Waals surface area contributed by atoms with E-state index in [2.05, 4.69) is 6.92 Å². The summed E-state index contributed by atoms with van der Waals surface area (Å²) in [6.07, 6.45) is 9.06. The van der Waals surface area contributed by atoms with Gasteiger partial charge in [-0.25, -0.2) is 0 Å². The van der Waals surface area contributed by atoms with E-state index in [-0.39, 0.29) is 23.2 Å². The lowest BCUT2D eigenvalue weighted by molar-refractivity contribution is -0.134. The number of Topliss-reactive ketones (excluding diaryl/α,β-unsaturated/α-hetero) is 1. The fourth-order valence-electron chi connectivity index (χ4n) is 6.43. The van der Waals surface area contributed by atoms with Gasteiger partial charge in [0.15, 0.2) is 5.78 Å². The van der Waals surface area contributed by atoms with Crippen molar-refractivity contribution in [2.75, 3.05) is 6.61 Å². The number of carbonyl (C=O) groups excluding carboxylic acids is 2. The fourth-order valence-corrected chi connectivity index (χ4v) is 6.43. The van der Waals surface area contributed by atoms with Crippen LogP contribution in [0.4, 0.5) is 0 Å². The van der Waals surface area contributed by atoms with Gasteiger partial charge in [-0.15, -0.1) is 0 Å². The summed E-state index contributed by atoms with van der Waals surface area (Å²) in [5.74, 6) is 2.22. The van der Waals surface area contributed by atoms with Crippen LogP contribution in [0.5, 0.6) is 0 Å². The Labute approximate surface area is 132 Å². The van der Waals surface area contributed by atoms with E-state index in [4.69, 9.17) is 0 Å². The molecule has 0 heterocycles. The summed E-state index contributed by atoms with van der Waals surface area (Å²) in [5, 5.41) is 10.2. The van der Waals surface area contributed by atoms with Crippen molar-refractivity contribution in [3.05, 3.63) is 11.6 Å². The van der Waals surface area contributed by atoms with Gasteiger partial charge in [-0.05, 0) is 62.4 Å². The van der Waals surface area contributed by atoms with Crippen molar-refractivity contribution in [1.82, 2.24) is 0 Å². The van der Waals surface area contributed by atoms with Crippen molar-refractivity contribution < 1.29 is 14.7 Å². The molecular formula is C19H26O3. The summed E-state index contributed by atoms with van der Waals surface area (Å²) < 4.78 is 0. The first-order valence-corrected chi connectivity index (χ1v) is 8.89. The lowest BCUT2D eigenvalue weighted by Crippen LogP contribution is -2.53. The van der Waals surface area contributed by atoms with Crippen molar-refractivity contribution in [2.45, 2.75) is 58.3 Å². The maximum Gasteiger partial charge on any atom is 0.155 e. The van der Waals surface area contributed by atoms with Gasteiger partial charge in [0.1, 0.15) is 5.78 Å². The first kappa shape index (κ1) is 14.6. The van der Waals surface area contributed by atoms with E-state index in [1.807, 2.05) is 6.08 Å². The third-order valence-corrected chi connectivity index (χ3v) is 7.68. The van der Waals surface area contributed by atoms with Crippen LogP contribution in [0.3, 0.4) is 0 Å². The second-order valence-electron chi connectivity index (χ2n) is 8.28. The molecule has 1 N–H and O–H groups in total. The van der Waals surface area contributed by atoms with Crippen molar-refractivity contribution >= 4 is 11.6 Å². The molecule has 0 bridgehead atoms. The summed E-state index contributed by atoms with van der Waals surface area (Å²) >= 11 is 0. The summed E-state index contributed by atoms with van der Waals surface area (Å²) in [6, 6.07) is 0. The lowest BCUT2D eigenvalue weighted by Gasteiger charge is -2.57. The highest BCUT2D eigenvalue weighted by Gasteiger charge is 2.59. The summed E-state index contributed by atoms with van der Waals surface area (Å²) in [6.45, 7) is 2.36. The molecule has 0 radical (unpaired) electrons. The minimum atomic E-state index is -0.163. The quantitative estimate of drug-likeness (QED) is 0.810. The molecule has 3 fully saturated rings. The van der Waals surface area contributed by atoms with Crippen LogP contribution in [0.25, 0.3) is 0 Å². The Bertz CT molecular complexity index is 563. The number of hydrogen-bond donors (Lipinski definition) is 1. The van der Waals surface area contributed by atoms with Crippen LogP contribution < -0.4 is 0 Å². The Balaban J connectivity index is 1.73. The molecular weight excluding hydrogens is 276 g/mol. The fraction of sp³-hybridized carbons (Fsp3) is 0.789. The van der Waals surface area contributed by atoms with E-state index in [0.717, 1.165) is 44.9 Å². The molecule has 3 unspecified atom stereocenters. The van der Waals surface area contributed by atoms with E-state index >= 15 is 0 Å². The molecule has 120 valence electrons. The smallest absolute Gasteiger partial charge is 0.155 e. The zero-order chi connectivity index (χ0) is 15.5. The first-order valence-electron chi connectivity index (χ1n) is 8.89. The molecule has 3 nitrogen and oxygen atoms in total. The lowest BCUT2D eigenvalue weighted by atomic mass is 9.47. The molecule has 22 heavy (non-hydrogen) atoms. The molecule has 5 atom stereocenters. The van der Waals surface area contributed by atoms with Crippen molar-refractivity contribution in [2.24, 2.45) is 28.6 Å². The van der Waals surface area contributed by atoms with Crippen LogP contribution in [0.15, 0.2) is 11.6 Å². The minimum Gasteiger partial charge on any atom is -0.395 e. The molecule has 4 aliphatic carbocycles. The molecule has 0 spiro atoms. The zero-order valence-electron chi connectivity index (χ0n) is 13.4. The van der Waals surface area contributed by atoms with Crippen LogP contribution in [0.1, 0.15) is 58.3 Å². The Morgan fingerprint density at radius 2 is 1.91 bits per heavy atom. The number of hydrogen-bond acceptors (Lipinski definition) is 3. The van der Waals surface area contributed by atoms with Crippen molar-refractivity contribution in [3.63, 3.8) is 0 Å². The number of carbonyl (C=O) groups is 2. The minimum absolute atomic E-state index is 0.108. The van der Waals surface area contributed by atoms with Gasteiger partial charge in [0.05, 0.1) is 6.61 Å². The Morgan fingerprint density at radius 3 is 2.68 bits per heavy atom. The molecule has 0 aromatic rings. The van der Waals surface area contributed by atoms with E-state index in [1.54, 1.807) is 0 Å². The third kappa shape index (κ3) is 1.72. The van der Waals surface area contributed by atoms with E-state index in [1.165, 1.54) is 5.57 Å². The third-order valence-electron chi connectivity index (χ3n) is 7.68. The molecule has 3 saturated carbocycles. The van der Waals surface area contributed by atoms with Crippen LogP contribution in [0, 0.1) is 28.6 Å². The summed E-state index contributed by atoms with van der Waals surface area (Å²) in [4.78, 5) is 24.2. The topological polar surface area (TPSA) is 54.4 Å². The number of ketones is 2. The number of aliphatic hydroxyl groups excluding tert-OH is 1. The van der Waals surface area contributed by atoms with E-state index < -0.39 is 0 Å². The van der Waals surface area contributed by atoms with Crippen molar-refractivity contribution in [1.29, 1.82) is 0 Å². The van der Waals surface area contributed by atoms with Gasteiger partial charge in [-0.1, -0.05) is 12.5 Å². The summed E-state index contributed by atoms with van der Waals surface area (Å²) in [7, 11) is 0. The molecule has 0 aromatic carbocycles. The molecule has 0 amide bonds. The Hall–Kier alpha value is -0.960. The standard InChI is InChI=1S/C19H26O3/c1-18-8-7-16-14(15(18)4-5-17(18)22)3-2-12-10-13(21)6-9-19(12,16)11-20/h10,14-16,20H,2-9,11H2,1H3/t14?,15-,16-,18?,19?/m0/s1. The molecule has 3 heteroatoms. The monoisotopic (exact) mass is 302 g/mol. The Kier molecular flexibility index (Phi) is 3.17. The second kappa shape index (κ2) is 4.77. The van der Waals surface area contributed by atoms with Gasteiger partial charge >= 0.3 is 0 Å². The predicted octanol–water partition coefficient (Wildman–Crippen LogP) is 3.06. The largest absolute Gasteiger partial charge is 0.395 e. The molecule has 0 saturated heterocycles. The van der Waals surface area contributed by atoms with Gasteiger partial charge in [0, 0.05) is 23.7 Å². The van der Waals surface area contributed by atoms with Crippen LogP contribution in [0.2, 0.25) is 0 Å². The SMILES string of the molecule is CC12CC[C@H]3C(CCC4=CC(=O)CCC43CO)[C@@H]1CCC2=O. The molecule has 0 aromatic heterocycles. The normalized spacial score (nSPS) is 47.5. The average molecular weight is 302 g/mol. The first-order chi connectivity index (χ1) is 10.5. The predicted molar refractivity (Wildman–Crippen MR) is 83.1 cm³/mol. The highest BCUT2D eigenvalue weighted by Crippen LogP contribution is 2.64. The van der Waals surface area contributed by atoms with Crippen LogP contribution in [-0.4, -0.2) is 23.3 Å². The number of fused-ring (bicyclic) bond motifs is 5. The molecule has 4 rings (SSSR count). The summed E-state index contributed by atoms with van der Waals surface area (Å²) in [5.41, 5.74) is 0.938. The highest BCUT2D eigenvalue weighted by molar-refractivity contribution is 5.91. The average Bonchev–Trinajstić information content (AvgIpc) is 2.82. The van der Waals surface area contributed by atoms with Crippen LogP contribution >= 0.6 is 0 Å². The maximum atomic E-state index is 12.4. The van der Waals surface area contributed by atoms with Gasteiger partial charge in [0.2, 0.25) is 0 Å². The van der Waals surface area contributed by atoms with Crippen LogP contribution in [-0.2, 0) is 9.59 Å². The number of rotatable bonds is 1. The number of aliphatic hydroxyl groups is 1. The van der Waals surface area contributed by atoms with E-state index in [0.29, 0.717) is 30.0 Å². The molecule has 0 aliphatic heterocycles. The highest BCUT2D eigenvalue weighted by atomic mass is 16.3. The Morgan fingerprint density at radius 1 is 1.09 bits per heavy atom. The van der Waals surface area contributed by atoms with Gasteiger partial charge in [0.25, 0.3) is 0 Å².